The van der Waals surface area contributed by atoms with E-state index in [9.17, 15) is 4.79 Å². The number of rotatable bonds is 7. The fraction of sp³-hybridized carbons (Fsp3) is 0.400. The van der Waals surface area contributed by atoms with E-state index < -0.39 is 6.04 Å². The zero-order chi connectivity index (χ0) is 14.3. The van der Waals surface area contributed by atoms with Gasteiger partial charge in [0.1, 0.15) is 12.4 Å². The van der Waals surface area contributed by atoms with Gasteiger partial charge in [-0.1, -0.05) is 32.6 Å². The van der Waals surface area contributed by atoms with Crippen LogP contribution in [-0.2, 0) is 4.79 Å². The smallest absolute Gasteiger partial charge is 0.241 e. The van der Waals surface area contributed by atoms with Gasteiger partial charge in [-0.3, -0.25) is 4.79 Å². The SMILES string of the molecule is C=CCOc1cccc(NC(=O)[C@@H](N)CC(C)C)c1.Cl. The van der Waals surface area contributed by atoms with Gasteiger partial charge in [-0.15, -0.1) is 12.4 Å². The molecule has 0 aliphatic heterocycles. The lowest BCUT2D eigenvalue weighted by molar-refractivity contribution is -0.117. The number of anilines is 1. The Kier molecular flexibility index (Phi) is 8.68. The van der Waals surface area contributed by atoms with Crippen LogP contribution in [0.25, 0.3) is 0 Å². The van der Waals surface area contributed by atoms with Crippen LogP contribution >= 0.6 is 12.4 Å². The predicted octanol–water partition coefficient (Wildman–Crippen LogP) is 2.99. The number of nitrogens with one attached hydrogen (secondary N) is 1. The lowest BCUT2D eigenvalue weighted by Gasteiger charge is -2.14. The van der Waals surface area contributed by atoms with Crippen molar-refractivity contribution >= 4 is 24.0 Å². The van der Waals surface area contributed by atoms with Gasteiger partial charge in [-0.05, 0) is 24.5 Å². The zero-order valence-corrected chi connectivity index (χ0v) is 12.8. The first-order valence-electron chi connectivity index (χ1n) is 6.43. The van der Waals surface area contributed by atoms with E-state index in [1.807, 2.05) is 26.0 Å². The van der Waals surface area contributed by atoms with Gasteiger partial charge in [0.2, 0.25) is 5.91 Å². The van der Waals surface area contributed by atoms with E-state index in [1.54, 1.807) is 18.2 Å². The number of hydrogen-bond acceptors (Lipinski definition) is 3. The first-order valence-corrected chi connectivity index (χ1v) is 6.43. The molecule has 0 saturated carbocycles. The highest BCUT2D eigenvalue weighted by molar-refractivity contribution is 5.94. The minimum Gasteiger partial charge on any atom is -0.489 e. The third-order valence-corrected chi connectivity index (χ3v) is 2.53. The minimum atomic E-state index is -0.488. The fourth-order valence-corrected chi connectivity index (χ4v) is 1.67. The Morgan fingerprint density at radius 1 is 1.50 bits per heavy atom. The van der Waals surface area contributed by atoms with Crippen molar-refractivity contribution < 1.29 is 9.53 Å². The standard InChI is InChI=1S/C15H22N2O2.ClH/c1-4-8-19-13-7-5-6-12(10-13)17-15(18)14(16)9-11(2)3;/h4-7,10-11,14H,1,8-9,16H2,2-3H3,(H,17,18);1H/t14-;/m0./s1. The van der Waals surface area contributed by atoms with Crippen LogP contribution in [0.15, 0.2) is 36.9 Å². The summed E-state index contributed by atoms with van der Waals surface area (Å²) in [7, 11) is 0. The Labute approximate surface area is 126 Å². The molecule has 0 unspecified atom stereocenters. The summed E-state index contributed by atoms with van der Waals surface area (Å²) in [5.74, 6) is 0.910. The Balaban J connectivity index is 0.00000361. The Hall–Kier alpha value is -1.52. The van der Waals surface area contributed by atoms with Crippen LogP contribution in [0.3, 0.4) is 0 Å². The number of hydrogen-bond donors (Lipinski definition) is 2. The van der Waals surface area contributed by atoms with E-state index in [1.165, 1.54) is 0 Å². The molecule has 0 saturated heterocycles. The molecule has 1 rings (SSSR count). The van der Waals surface area contributed by atoms with Gasteiger partial charge in [0.15, 0.2) is 0 Å². The third-order valence-electron chi connectivity index (χ3n) is 2.53. The molecule has 1 aromatic rings. The molecule has 20 heavy (non-hydrogen) atoms. The molecule has 5 heteroatoms. The summed E-state index contributed by atoms with van der Waals surface area (Å²) in [6.45, 7) is 8.10. The summed E-state index contributed by atoms with van der Waals surface area (Å²) in [5.41, 5.74) is 6.51. The topological polar surface area (TPSA) is 64.3 Å². The van der Waals surface area contributed by atoms with Crippen molar-refractivity contribution in [3.05, 3.63) is 36.9 Å². The highest BCUT2D eigenvalue weighted by atomic mass is 35.5. The van der Waals surface area contributed by atoms with Crippen LogP contribution in [-0.4, -0.2) is 18.6 Å². The summed E-state index contributed by atoms with van der Waals surface area (Å²) < 4.78 is 5.40. The van der Waals surface area contributed by atoms with Gasteiger partial charge in [0, 0.05) is 11.8 Å². The molecule has 0 aliphatic carbocycles. The average Bonchev–Trinajstić information content (AvgIpc) is 2.36. The summed E-state index contributed by atoms with van der Waals surface area (Å²) in [4.78, 5) is 11.9. The second kappa shape index (κ2) is 9.39. The van der Waals surface area contributed by atoms with Crippen molar-refractivity contribution in [2.24, 2.45) is 11.7 Å². The van der Waals surface area contributed by atoms with Gasteiger partial charge in [0.25, 0.3) is 0 Å². The molecule has 0 heterocycles. The maximum Gasteiger partial charge on any atom is 0.241 e. The molecule has 112 valence electrons. The fourth-order valence-electron chi connectivity index (χ4n) is 1.67. The van der Waals surface area contributed by atoms with E-state index >= 15 is 0 Å². The molecule has 4 nitrogen and oxygen atoms in total. The van der Waals surface area contributed by atoms with Gasteiger partial charge in [-0.2, -0.15) is 0 Å². The van der Waals surface area contributed by atoms with Crippen LogP contribution in [0.2, 0.25) is 0 Å². The number of ether oxygens (including phenoxy) is 1. The highest BCUT2D eigenvalue weighted by Gasteiger charge is 2.15. The monoisotopic (exact) mass is 298 g/mol. The van der Waals surface area contributed by atoms with E-state index in [2.05, 4.69) is 11.9 Å². The second-order valence-electron chi connectivity index (χ2n) is 4.85. The molecule has 0 aromatic heterocycles. The van der Waals surface area contributed by atoms with Gasteiger partial charge >= 0.3 is 0 Å². The van der Waals surface area contributed by atoms with Crippen molar-refractivity contribution in [3.8, 4) is 5.75 Å². The van der Waals surface area contributed by atoms with E-state index in [0.29, 0.717) is 30.4 Å². The van der Waals surface area contributed by atoms with Crippen molar-refractivity contribution in [1.29, 1.82) is 0 Å². The normalized spacial score (nSPS) is 11.4. The largest absolute Gasteiger partial charge is 0.489 e. The lowest BCUT2D eigenvalue weighted by atomic mass is 10.0. The molecule has 1 aromatic carbocycles. The van der Waals surface area contributed by atoms with Gasteiger partial charge in [-0.25, -0.2) is 0 Å². The zero-order valence-electron chi connectivity index (χ0n) is 12.0. The lowest BCUT2D eigenvalue weighted by Crippen LogP contribution is -2.36. The molecule has 0 spiro atoms. The van der Waals surface area contributed by atoms with Crippen molar-refractivity contribution in [3.63, 3.8) is 0 Å². The quantitative estimate of drug-likeness (QED) is 0.761. The average molecular weight is 299 g/mol. The Bertz CT molecular complexity index is 436. The highest BCUT2D eigenvalue weighted by Crippen LogP contribution is 2.17. The minimum absolute atomic E-state index is 0. The van der Waals surface area contributed by atoms with Gasteiger partial charge < -0.3 is 15.8 Å². The van der Waals surface area contributed by atoms with Gasteiger partial charge in [0.05, 0.1) is 6.04 Å². The molecule has 0 aliphatic rings. The molecule has 1 amide bonds. The second-order valence-corrected chi connectivity index (χ2v) is 4.85. The predicted molar refractivity (Wildman–Crippen MR) is 85.4 cm³/mol. The van der Waals surface area contributed by atoms with Crippen molar-refractivity contribution in [2.45, 2.75) is 26.3 Å². The first kappa shape index (κ1) is 18.5. The molecule has 1 atom stereocenters. The molecular weight excluding hydrogens is 276 g/mol. The van der Waals surface area contributed by atoms with Crippen LogP contribution in [0.5, 0.6) is 5.75 Å². The number of amides is 1. The third kappa shape index (κ3) is 6.59. The van der Waals surface area contributed by atoms with Crippen molar-refractivity contribution in [1.82, 2.24) is 0 Å². The van der Waals surface area contributed by atoms with Crippen LogP contribution < -0.4 is 15.8 Å². The number of benzene rings is 1. The number of carbonyl (C=O) groups excluding carboxylic acids is 1. The molecule has 0 radical (unpaired) electrons. The maximum absolute atomic E-state index is 11.9. The van der Waals surface area contributed by atoms with Crippen molar-refractivity contribution in [2.75, 3.05) is 11.9 Å². The maximum atomic E-state index is 11.9. The Morgan fingerprint density at radius 2 is 2.20 bits per heavy atom. The molecular formula is C15H23ClN2O2. The molecule has 0 bridgehead atoms. The number of carbonyl (C=O) groups is 1. The van der Waals surface area contributed by atoms with E-state index in [0.717, 1.165) is 0 Å². The Morgan fingerprint density at radius 3 is 2.80 bits per heavy atom. The van der Waals surface area contributed by atoms with Crippen LogP contribution in [0.1, 0.15) is 20.3 Å². The van der Waals surface area contributed by atoms with Crippen LogP contribution in [0, 0.1) is 5.92 Å². The molecule has 0 fully saturated rings. The van der Waals surface area contributed by atoms with E-state index in [4.69, 9.17) is 10.5 Å². The molecule has 3 N–H and O–H groups in total. The summed E-state index contributed by atoms with van der Waals surface area (Å²) in [6.07, 6.45) is 2.34. The number of halogens is 1. The first-order chi connectivity index (χ1) is 9.02. The van der Waals surface area contributed by atoms with Crippen LogP contribution in [0.4, 0.5) is 5.69 Å². The van der Waals surface area contributed by atoms with E-state index in [-0.39, 0.29) is 18.3 Å². The summed E-state index contributed by atoms with van der Waals surface area (Å²) >= 11 is 0. The summed E-state index contributed by atoms with van der Waals surface area (Å²) in [6, 6.07) is 6.73. The summed E-state index contributed by atoms with van der Waals surface area (Å²) in [5, 5.41) is 2.79. The number of nitrogens with two attached hydrogens (primary N) is 1.